The molecule has 0 atom stereocenters. The Hall–Kier alpha value is -3.87. The highest BCUT2D eigenvalue weighted by molar-refractivity contribution is 7.89. The number of pyridine rings is 1. The van der Waals surface area contributed by atoms with E-state index >= 15 is 0 Å². The molecule has 0 unspecified atom stereocenters. The Bertz CT molecular complexity index is 1620. The van der Waals surface area contributed by atoms with Gasteiger partial charge in [-0.3, -0.25) is 14.7 Å². The van der Waals surface area contributed by atoms with Gasteiger partial charge in [0.1, 0.15) is 0 Å². The third-order valence-corrected chi connectivity index (χ3v) is 9.61. The van der Waals surface area contributed by atoms with Crippen LogP contribution in [0.25, 0.3) is 10.2 Å². The zero-order valence-corrected chi connectivity index (χ0v) is 23.8. The van der Waals surface area contributed by atoms with Crippen molar-refractivity contribution in [2.75, 3.05) is 37.7 Å². The van der Waals surface area contributed by atoms with E-state index in [0.717, 1.165) is 21.3 Å². The molecule has 2 aromatic heterocycles. The highest BCUT2D eigenvalue weighted by Gasteiger charge is 2.31. The van der Waals surface area contributed by atoms with E-state index in [2.05, 4.69) is 4.98 Å². The number of rotatable bonds is 7. The lowest BCUT2D eigenvalue weighted by molar-refractivity contribution is 0.0933. The zero-order chi connectivity index (χ0) is 28.3. The molecule has 5 rings (SSSR count). The van der Waals surface area contributed by atoms with E-state index in [0.29, 0.717) is 10.7 Å². The van der Waals surface area contributed by atoms with Crippen LogP contribution in [0.3, 0.4) is 0 Å². The maximum Gasteiger partial charge on any atom is 0.409 e. The van der Waals surface area contributed by atoms with Crippen LogP contribution in [0, 0.1) is 6.92 Å². The molecule has 10 nitrogen and oxygen atoms in total. The van der Waals surface area contributed by atoms with Crippen LogP contribution < -0.4 is 4.90 Å². The van der Waals surface area contributed by atoms with Gasteiger partial charge < -0.3 is 9.64 Å². The van der Waals surface area contributed by atoms with Crippen LogP contribution in [0.1, 0.15) is 28.4 Å². The molecular weight excluding hydrogens is 550 g/mol. The summed E-state index contributed by atoms with van der Waals surface area (Å²) in [7, 11) is -3.80. The van der Waals surface area contributed by atoms with Gasteiger partial charge in [0.15, 0.2) is 5.13 Å². The monoisotopic (exact) mass is 579 g/mol. The molecule has 208 valence electrons. The summed E-state index contributed by atoms with van der Waals surface area (Å²) in [6.45, 7) is 5.06. The molecule has 0 radical (unpaired) electrons. The Kier molecular flexibility index (Phi) is 8.10. The van der Waals surface area contributed by atoms with Crippen LogP contribution in [-0.4, -0.2) is 72.4 Å². The highest BCUT2D eigenvalue weighted by atomic mass is 32.2. The molecule has 0 aliphatic carbocycles. The maximum atomic E-state index is 13.8. The van der Waals surface area contributed by atoms with Crippen LogP contribution >= 0.6 is 11.3 Å². The third-order valence-electron chi connectivity index (χ3n) is 6.65. The third kappa shape index (κ3) is 5.69. The smallest absolute Gasteiger partial charge is 0.409 e. The molecular formula is C28H29N5O5S2. The second-order valence-corrected chi connectivity index (χ2v) is 12.2. The average Bonchev–Trinajstić information content (AvgIpc) is 3.42. The van der Waals surface area contributed by atoms with E-state index in [-0.39, 0.29) is 50.1 Å². The van der Waals surface area contributed by atoms with Gasteiger partial charge in [0.25, 0.3) is 5.91 Å². The van der Waals surface area contributed by atoms with Crippen molar-refractivity contribution in [2.45, 2.75) is 25.3 Å². The Morgan fingerprint density at radius 1 is 1.02 bits per heavy atom. The summed E-state index contributed by atoms with van der Waals surface area (Å²) in [5, 5.41) is 0.550. The first-order valence-corrected chi connectivity index (χ1v) is 15.1. The van der Waals surface area contributed by atoms with Crippen molar-refractivity contribution in [1.82, 2.24) is 19.2 Å². The number of ether oxygens (including phenoxy) is 1. The molecule has 3 heterocycles. The molecule has 2 amide bonds. The van der Waals surface area contributed by atoms with Crippen LogP contribution in [0.15, 0.2) is 71.9 Å². The topological polar surface area (TPSA) is 113 Å². The minimum atomic E-state index is -3.80. The minimum Gasteiger partial charge on any atom is -0.450 e. The zero-order valence-electron chi connectivity index (χ0n) is 22.2. The molecule has 0 N–H and O–H groups in total. The molecule has 0 saturated carbocycles. The second-order valence-electron chi connectivity index (χ2n) is 9.29. The van der Waals surface area contributed by atoms with Crippen LogP contribution in [0.4, 0.5) is 9.93 Å². The fraction of sp³-hybridized carbons (Fsp3) is 0.286. The van der Waals surface area contributed by atoms with E-state index in [1.165, 1.54) is 44.8 Å². The molecule has 0 bridgehead atoms. The lowest BCUT2D eigenvalue weighted by Gasteiger charge is -2.33. The van der Waals surface area contributed by atoms with Crippen LogP contribution in [-0.2, 0) is 21.3 Å². The van der Waals surface area contributed by atoms with Gasteiger partial charge in [-0.2, -0.15) is 4.31 Å². The first kappa shape index (κ1) is 27.7. The van der Waals surface area contributed by atoms with E-state index < -0.39 is 16.1 Å². The number of amides is 2. The van der Waals surface area contributed by atoms with Gasteiger partial charge in [0.05, 0.1) is 28.3 Å². The van der Waals surface area contributed by atoms with Crippen molar-refractivity contribution in [3.8, 4) is 0 Å². The molecule has 1 saturated heterocycles. The molecule has 2 aromatic carbocycles. The van der Waals surface area contributed by atoms with Gasteiger partial charge in [-0.15, -0.1) is 0 Å². The fourth-order valence-corrected chi connectivity index (χ4v) is 6.95. The van der Waals surface area contributed by atoms with Crippen molar-refractivity contribution in [3.63, 3.8) is 0 Å². The summed E-state index contributed by atoms with van der Waals surface area (Å²) >= 11 is 1.43. The first-order valence-electron chi connectivity index (χ1n) is 12.9. The van der Waals surface area contributed by atoms with Crippen LogP contribution in [0.2, 0.25) is 0 Å². The number of thiazole rings is 1. The van der Waals surface area contributed by atoms with Crippen molar-refractivity contribution < 1.29 is 22.7 Å². The number of hydrogen-bond donors (Lipinski definition) is 0. The Morgan fingerprint density at radius 2 is 1.77 bits per heavy atom. The van der Waals surface area contributed by atoms with Gasteiger partial charge in [0, 0.05) is 44.1 Å². The summed E-state index contributed by atoms with van der Waals surface area (Å²) in [6, 6.07) is 15.6. The van der Waals surface area contributed by atoms with Crippen LogP contribution in [0.5, 0.6) is 0 Å². The SMILES string of the molecule is CCOC(=O)N1CCN(S(=O)(=O)c2ccc(C(=O)N(Cc3cccnc3)c3nc4c(C)cccc4s3)cc2)CC1. The summed E-state index contributed by atoms with van der Waals surface area (Å²) < 4.78 is 33.9. The minimum absolute atomic E-state index is 0.0862. The van der Waals surface area contributed by atoms with E-state index in [9.17, 15) is 18.0 Å². The number of sulfonamides is 1. The first-order chi connectivity index (χ1) is 19.3. The Balaban J connectivity index is 1.38. The highest BCUT2D eigenvalue weighted by Crippen LogP contribution is 2.32. The molecule has 0 spiro atoms. The number of piperazine rings is 1. The van der Waals surface area contributed by atoms with E-state index in [4.69, 9.17) is 9.72 Å². The molecule has 1 fully saturated rings. The van der Waals surface area contributed by atoms with E-state index in [1.54, 1.807) is 24.2 Å². The largest absolute Gasteiger partial charge is 0.450 e. The number of anilines is 1. The molecule has 1 aliphatic rings. The number of carbonyl (C=O) groups excluding carboxylic acids is 2. The summed E-state index contributed by atoms with van der Waals surface area (Å²) in [4.78, 5) is 37.9. The number of nitrogens with zero attached hydrogens (tertiary/aromatic N) is 5. The predicted octanol–water partition coefficient (Wildman–Crippen LogP) is 4.31. The maximum absolute atomic E-state index is 13.8. The van der Waals surface area contributed by atoms with Gasteiger partial charge in [-0.05, 0) is 61.4 Å². The predicted molar refractivity (Wildman–Crippen MR) is 153 cm³/mol. The number of fused-ring (bicyclic) bond motifs is 1. The number of benzene rings is 2. The number of para-hydroxylation sites is 1. The number of hydrogen-bond acceptors (Lipinski definition) is 8. The Morgan fingerprint density at radius 3 is 2.42 bits per heavy atom. The lowest BCUT2D eigenvalue weighted by atomic mass is 10.2. The summed E-state index contributed by atoms with van der Waals surface area (Å²) in [5.41, 5.74) is 3.04. The standard InChI is InChI=1S/C28H29N5O5S2/c1-3-38-28(35)31-14-16-32(17-15-31)40(36,37)23-11-9-22(10-12-23)26(34)33(19-21-7-5-13-29-18-21)27-30-25-20(2)6-4-8-24(25)39-27/h4-13,18H,3,14-17,19H2,1-2H3. The number of aromatic nitrogens is 2. The van der Waals surface area contributed by atoms with Gasteiger partial charge in [-0.1, -0.05) is 29.5 Å². The quantitative estimate of drug-likeness (QED) is 0.321. The van der Waals surface area contributed by atoms with E-state index in [1.807, 2.05) is 37.3 Å². The number of aryl methyl sites for hydroxylation is 1. The van der Waals surface area contributed by atoms with Gasteiger partial charge in [-0.25, -0.2) is 18.2 Å². The normalized spacial score (nSPS) is 14.3. The van der Waals surface area contributed by atoms with Crippen molar-refractivity contribution in [2.24, 2.45) is 0 Å². The molecule has 12 heteroatoms. The molecule has 1 aliphatic heterocycles. The van der Waals surface area contributed by atoms with Gasteiger partial charge in [0.2, 0.25) is 10.0 Å². The average molecular weight is 580 g/mol. The van der Waals surface area contributed by atoms with Crippen molar-refractivity contribution in [3.05, 3.63) is 83.7 Å². The molecule has 40 heavy (non-hydrogen) atoms. The van der Waals surface area contributed by atoms with Crippen molar-refractivity contribution >= 4 is 48.7 Å². The van der Waals surface area contributed by atoms with Gasteiger partial charge >= 0.3 is 6.09 Å². The van der Waals surface area contributed by atoms with Crippen molar-refractivity contribution in [1.29, 1.82) is 0 Å². The summed E-state index contributed by atoms with van der Waals surface area (Å²) in [6.07, 6.45) is 2.93. The fourth-order valence-electron chi connectivity index (χ4n) is 4.49. The lowest BCUT2D eigenvalue weighted by Crippen LogP contribution is -2.50. The molecule has 4 aromatic rings. The summed E-state index contributed by atoms with van der Waals surface area (Å²) in [5.74, 6) is -0.299. The number of carbonyl (C=O) groups is 2. The second kappa shape index (κ2) is 11.7. The Labute approximate surface area is 236 Å².